The molecular weight excluding hydrogens is 549 g/mol. The van der Waals surface area contributed by atoms with Crippen molar-refractivity contribution in [3.05, 3.63) is 170 Å². The normalized spacial score (nSPS) is 12.3. The Morgan fingerprint density at radius 2 is 0.689 bits per heavy atom. The van der Waals surface area contributed by atoms with Crippen LogP contribution in [0.1, 0.15) is 0 Å². The van der Waals surface area contributed by atoms with Crippen LogP contribution in [0, 0.1) is 0 Å². The molecule has 0 N–H and O–H groups in total. The number of fused-ring (bicyclic) bond motifs is 1. The molecule has 0 saturated heterocycles. The predicted molar refractivity (Wildman–Crippen MR) is 185 cm³/mol. The lowest BCUT2D eigenvalue weighted by Crippen LogP contribution is -2.53. The summed E-state index contributed by atoms with van der Waals surface area (Å²) in [6, 6.07) is 58.6. The average Bonchev–Trinajstić information content (AvgIpc) is 3.48. The summed E-state index contributed by atoms with van der Waals surface area (Å²) in [4.78, 5) is 19.6. The van der Waals surface area contributed by atoms with E-state index in [0.717, 1.165) is 33.8 Å². The first-order valence-corrected chi connectivity index (χ1v) is 15.1. The minimum Gasteiger partial charge on any atom is -0.360 e. The molecule has 45 heavy (non-hydrogen) atoms. The van der Waals surface area contributed by atoms with Crippen LogP contribution in [-0.4, -0.2) is 21.9 Å². The first-order chi connectivity index (χ1) is 22.3. The zero-order valence-corrected chi connectivity index (χ0v) is 24.5. The van der Waals surface area contributed by atoms with Crippen LogP contribution < -0.4 is 15.1 Å². The van der Waals surface area contributed by atoms with Gasteiger partial charge in [0.25, 0.3) is 0 Å². The van der Waals surface area contributed by atoms with Crippen LogP contribution in [0.2, 0.25) is 0 Å². The molecule has 0 fully saturated rings. The molecule has 0 radical (unpaired) electrons. The summed E-state index contributed by atoms with van der Waals surface area (Å²) >= 11 is 0. The molecule has 6 aromatic carbocycles. The fraction of sp³-hybridized carbons (Fsp3) is 0. The van der Waals surface area contributed by atoms with Gasteiger partial charge in [-0.2, -0.15) is 0 Å². The quantitative estimate of drug-likeness (QED) is 0.185. The van der Waals surface area contributed by atoms with Crippen molar-refractivity contribution >= 4 is 35.2 Å². The monoisotopic (exact) mass is 577 g/mol. The van der Waals surface area contributed by atoms with E-state index in [2.05, 4.69) is 119 Å². The number of para-hydroxylation sites is 3. The Labute approximate surface area is 263 Å². The molecule has 1 aliphatic rings. The molecule has 8 rings (SSSR count). The molecule has 0 unspecified atom stereocenters. The van der Waals surface area contributed by atoms with Crippen LogP contribution >= 0.6 is 0 Å². The van der Waals surface area contributed by atoms with Gasteiger partial charge in [-0.3, -0.25) is 0 Å². The summed E-state index contributed by atoms with van der Waals surface area (Å²) < 4.78 is 0. The van der Waals surface area contributed by atoms with Crippen molar-refractivity contribution in [3.8, 4) is 34.2 Å². The topological polar surface area (TPSA) is 45.2 Å². The van der Waals surface area contributed by atoms with Gasteiger partial charge in [0.15, 0.2) is 17.5 Å². The molecule has 0 amide bonds. The standard InChI is InChI=1S/C39H28BN5/c1-5-15-29(16-6-1)37-41-38(30-17-7-2-8-18-30)43-39(42-37)31-25-27-34(28-26-31)45-36-24-14-13-23-35(36)44(33-21-11-4-12-22-33)40(45)32-19-9-3-10-20-32/h1-28H. The molecule has 0 bridgehead atoms. The van der Waals surface area contributed by atoms with Gasteiger partial charge in [0.1, 0.15) is 0 Å². The van der Waals surface area contributed by atoms with E-state index in [4.69, 9.17) is 15.0 Å². The number of hydrogen-bond acceptors (Lipinski definition) is 5. The third-order valence-electron chi connectivity index (χ3n) is 8.13. The number of aromatic nitrogens is 3. The Balaban J connectivity index is 1.24. The minimum absolute atomic E-state index is 0.0663. The predicted octanol–water partition coefficient (Wildman–Crippen LogP) is 8.56. The maximum Gasteiger partial charge on any atom is 0.420 e. The van der Waals surface area contributed by atoms with Gasteiger partial charge < -0.3 is 9.62 Å². The summed E-state index contributed by atoms with van der Waals surface area (Å²) in [7, 11) is 0. The lowest BCUT2D eigenvalue weighted by atomic mass is 9.64. The third-order valence-corrected chi connectivity index (χ3v) is 8.13. The molecule has 0 aliphatic carbocycles. The molecule has 1 aliphatic heterocycles. The maximum absolute atomic E-state index is 4.93. The average molecular weight is 578 g/mol. The number of hydrogen-bond donors (Lipinski definition) is 0. The molecule has 0 atom stereocenters. The Kier molecular flexibility index (Phi) is 6.85. The Morgan fingerprint density at radius 1 is 0.333 bits per heavy atom. The highest BCUT2D eigenvalue weighted by molar-refractivity contribution is 6.84. The molecule has 1 aromatic heterocycles. The smallest absolute Gasteiger partial charge is 0.360 e. The highest BCUT2D eigenvalue weighted by Crippen LogP contribution is 2.46. The van der Waals surface area contributed by atoms with Crippen molar-refractivity contribution in [2.75, 3.05) is 9.62 Å². The second-order valence-electron chi connectivity index (χ2n) is 10.9. The maximum atomic E-state index is 4.93. The van der Waals surface area contributed by atoms with Gasteiger partial charge in [-0.1, -0.05) is 121 Å². The van der Waals surface area contributed by atoms with E-state index in [-0.39, 0.29) is 6.98 Å². The van der Waals surface area contributed by atoms with Gasteiger partial charge in [0.2, 0.25) is 0 Å². The van der Waals surface area contributed by atoms with E-state index in [1.54, 1.807) is 0 Å². The Bertz CT molecular complexity index is 2000. The van der Waals surface area contributed by atoms with Crippen molar-refractivity contribution in [3.63, 3.8) is 0 Å². The van der Waals surface area contributed by atoms with Crippen LogP contribution in [0.15, 0.2) is 170 Å². The van der Waals surface area contributed by atoms with E-state index in [0.29, 0.717) is 17.5 Å². The number of nitrogens with zero attached hydrogens (tertiary/aromatic N) is 5. The molecule has 2 heterocycles. The Hall–Kier alpha value is -6.01. The van der Waals surface area contributed by atoms with Gasteiger partial charge in [-0.05, 0) is 54.0 Å². The first kappa shape index (κ1) is 26.6. The lowest BCUT2D eigenvalue weighted by Gasteiger charge is -2.30. The lowest BCUT2D eigenvalue weighted by molar-refractivity contribution is 1.07. The van der Waals surface area contributed by atoms with E-state index in [1.807, 2.05) is 60.7 Å². The summed E-state index contributed by atoms with van der Waals surface area (Å²) in [6.45, 7) is -0.0663. The molecule has 6 heteroatoms. The summed E-state index contributed by atoms with van der Waals surface area (Å²) in [5.74, 6) is 1.95. The van der Waals surface area contributed by atoms with E-state index in [1.165, 1.54) is 11.2 Å². The SMILES string of the molecule is c1ccc(B2N(c3ccccc3)c3ccccc3N2c2ccc(-c3nc(-c4ccccc4)nc(-c4ccccc4)n3)cc2)cc1. The highest BCUT2D eigenvalue weighted by atomic mass is 15.3. The van der Waals surface area contributed by atoms with E-state index in [9.17, 15) is 0 Å². The number of anilines is 4. The van der Waals surface area contributed by atoms with Crippen molar-refractivity contribution in [2.45, 2.75) is 0 Å². The summed E-state index contributed by atoms with van der Waals surface area (Å²) in [5.41, 5.74) is 8.59. The number of benzene rings is 6. The minimum atomic E-state index is -0.0663. The largest absolute Gasteiger partial charge is 0.420 e. The molecular formula is C39H28BN5. The summed E-state index contributed by atoms with van der Waals surface area (Å²) in [6.07, 6.45) is 0. The van der Waals surface area contributed by atoms with Crippen LogP contribution in [-0.2, 0) is 0 Å². The molecule has 5 nitrogen and oxygen atoms in total. The summed E-state index contributed by atoms with van der Waals surface area (Å²) in [5, 5.41) is 0. The number of rotatable bonds is 6. The van der Waals surface area contributed by atoms with Crippen molar-refractivity contribution in [2.24, 2.45) is 0 Å². The van der Waals surface area contributed by atoms with Crippen molar-refractivity contribution < 1.29 is 0 Å². The molecule has 0 spiro atoms. The van der Waals surface area contributed by atoms with Gasteiger partial charge in [0.05, 0.1) is 11.4 Å². The van der Waals surface area contributed by atoms with Crippen molar-refractivity contribution in [1.82, 2.24) is 15.0 Å². The zero-order valence-electron chi connectivity index (χ0n) is 24.5. The van der Waals surface area contributed by atoms with Crippen molar-refractivity contribution in [1.29, 1.82) is 0 Å². The van der Waals surface area contributed by atoms with Crippen LogP contribution in [0.25, 0.3) is 34.2 Å². The highest BCUT2D eigenvalue weighted by Gasteiger charge is 2.43. The van der Waals surface area contributed by atoms with Gasteiger partial charge >= 0.3 is 6.98 Å². The van der Waals surface area contributed by atoms with E-state index < -0.39 is 0 Å². The van der Waals surface area contributed by atoms with Gasteiger partial charge in [-0.15, -0.1) is 0 Å². The van der Waals surface area contributed by atoms with Crippen LogP contribution in [0.5, 0.6) is 0 Å². The molecule has 212 valence electrons. The fourth-order valence-electron chi connectivity index (χ4n) is 6.03. The second kappa shape index (κ2) is 11.6. The van der Waals surface area contributed by atoms with Gasteiger partial charge in [0, 0.05) is 28.1 Å². The van der Waals surface area contributed by atoms with Crippen LogP contribution in [0.4, 0.5) is 22.7 Å². The zero-order chi connectivity index (χ0) is 30.0. The van der Waals surface area contributed by atoms with Gasteiger partial charge in [-0.25, -0.2) is 15.0 Å². The second-order valence-corrected chi connectivity index (χ2v) is 10.9. The fourth-order valence-corrected chi connectivity index (χ4v) is 6.03. The first-order valence-electron chi connectivity index (χ1n) is 15.1. The third kappa shape index (κ3) is 5.02. The molecule has 7 aromatic rings. The Morgan fingerprint density at radius 3 is 1.16 bits per heavy atom. The van der Waals surface area contributed by atoms with Crippen LogP contribution in [0.3, 0.4) is 0 Å². The molecule has 0 saturated carbocycles. The van der Waals surface area contributed by atoms with E-state index >= 15 is 0 Å².